The van der Waals surface area contributed by atoms with Gasteiger partial charge in [-0.2, -0.15) is 0 Å². The van der Waals surface area contributed by atoms with E-state index in [2.05, 4.69) is 10.6 Å². The first-order chi connectivity index (χ1) is 11.6. The van der Waals surface area contributed by atoms with Gasteiger partial charge in [0.05, 0.1) is 0 Å². The number of rotatable bonds is 4. The predicted molar refractivity (Wildman–Crippen MR) is 89.4 cm³/mol. The molecule has 2 aromatic rings. The third kappa shape index (κ3) is 3.73. The van der Waals surface area contributed by atoms with Crippen LogP contribution in [0.5, 0.6) is 11.5 Å². The van der Waals surface area contributed by atoms with E-state index in [0.717, 1.165) is 0 Å². The zero-order valence-electron chi connectivity index (χ0n) is 13.0. The van der Waals surface area contributed by atoms with Gasteiger partial charge in [-0.1, -0.05) is 24.3 Å². The number of para-hydroxylation sites is 1. The molecule has 0 atom stereocenters. The molecule has 2 amide bonds. The average molecular weight is 324 g/mol. The quantitative estimate of drug-likeness (QED) is 0.847. The number of amides is 2. The topological polar surface area (TPSA) is 76.7 Å². The molecule has 1 aliphatic rings. The van der Waals surface area contributed by atoms with Crippen molar-refractivity contribution in [3.8, 4) is 11.5 Å². The summed E-state index contributed by atoms with van der Waals surface area (Å²) in [6.45, 7) is 1.53. The summed E-state index contributed by atoms with van der Waals surface area (Å²) in [6.07, 6.45) is 1.58. The Morgan fingerprint density at radius 3 is 2.54 bits per heavy atom. The van der Waals surface area contributed by atoms with Crippen LogP contribution in [-0.2, 0) is 9.59 Å². The van der Waals surface area contributed by atoms with Gasteiger partial charge in [0.15, 0.2) is 11.5 Å². The predicted octanol–water partition coefficient (Wildman–Crippen LogP) is 2.53. The van der Waals surface area contributed by atoms with Crippen LogP contribution in [-0.4, -0.2) is 18.6 Å². The van der Waals surface area contributed by atoms with Gasteiger partial charge in [-0.3, -0.25) is 9.59 Å². The van der Waals surface area contributed by atoms with Crippen molar-refractivity contribution in [1.29, 1.82) is 0 Å². The van der Waals surface area contributed by atoms with Gasteiger partial charge in [0.2, 0.25) is 12.7 Å². The molecule has 6 heteroatoms. The van der Waals surface area contributed by atoms with E-state index >= 15 is 0 Å². The molecule has 0 unspecified atom stereocenters. The Morgan fingerprint density at radius 1 is 1.04 bits per heavy atom. The first kappa shape index (κ1) is 15.6. The summed E-state index contributed by atoms with van der Waals surface area (Å²) in [5.41, 5.74) is 1.50. The molecule has 0 saturated heterocycles. The van der Waals surface area contributed by atoms with Crippen LogP contribution in [0.25, 0.3) is 6.08 Å². The van der Waals surface area contributed by atoms with E-state index in [1.165, 1.54) is 6.92 Å². The number of hydrogen-bond acceptors (Lipinski definition) is 4. The minimum Gasteiger partial charge on any atom is -0.454 e. The highest BCUT2D eigenvalue weighted by Crippen LogP contribution is 2.33. The van der Waals surface area contributed by atoms with E-state index in [-0.39, 0.29) is 18.4 Å². The summed E-state index contributed by atoms with van der Waals surface area (Å²) in [6, 6.07) is 14.3. The first-order valence-electron chi connectivity index (χ1n) is 7.37. The SMILES string of the molecule is CC(=O)NC(=Cc1ccc2c(c1)OCO2)C(=O)Nc1ccccc1. The second kappa shape index (κ2) is 6.87. The van der Waals surface area contributed by atoms with Crippen molar-refractivity contribution in [3.63, 3.8) is 0 Å². The molecule has 6 nitrogen and oxygen atoms in total. The van der Waals surface area contributed by atoms with Crippen LogP contribution < -0.4 is 20.1 Å². The van der Waals surface area contributed by atoms with Crippen molar-refractivity contribution in [3.05, 3.63) is 59.8 Å². The van der Waals surface area contributed by atoms with Crippen molar-refractivity contribution in [2.24, 2.45) is 0 Å². The van der Waals surface area contributed by atoms with Crippen LogP contribution in [0.4, 0.5) is 5.69 Å². The highest BCUT2D eigenvalue weighted by molar-refractivity contribution is 6.08. The van der Waals surface area contributed by atoms with Crippen LogP contribution in [0.1, 0.15) is 12.5 Å². The maximum Gasteiger partial charge on any atom is 0.272 e. The number of nitrogens with one attached hydrogen (secondary N) is 2. The normalized spacial score (nSPS) is 12.6. The lowest BCUT2D eigenvalue weighted by Crippen LogP contribution is -2.28. The molecule has 0 bridgehead atoms. The number of carbonyl (C=O) groups is 2. The van der Waals surface area contributed by atoms with E-state index < -0.39 is 5.91 Å². The lowest BCUT2D eigenvalue weighted by Gasteiger charge is -2.10. The summed E-state index contributed by atoms with van der Waals surface area (Å²) in [4.78, 5) is 23.8. The van der Waals surface area contributed by atoms with Crippen molar-refractivity contribution < 1.29 is 19.1 Å². The molecule has 0 aromatic heterocycles. The van der Waals surface area contributed by atoms with Gasteiger partial charge >= 0.3 is 0 Å². The summed E-state index contributed by atoms with van der Waals surface area (Å²) in [5, 5.41) is 5.30. The van der Waals surface area contributed by atoms with Crippen LogP contribution >= 0.6 is 0 Å². The van der Waals surface area contributed by atoms with Crippen LogP contribution in [0, 0.1) is 0 Å². The molecule has 0 aliphatic carbocycles. The van der Waals surface area contributed by atoms with Gasteiger partial charge in [0, 0.05) is 12.6 Å². The molecule has 0 saturated carbocycles. The second-order valence-electron chi connectivity index (χ2n) is 5.17. The zero-order chi connectivity index (χ0) is 16.9. The summed E-state index contributed by atoms with van der Waals surface area (Å²) < 4.78 is 10.6. The highest BCUT2D eigenvalue weighted by Gasteiger charge is 2.15. The number of benzene rings is 2. The summed E-state index contributed by atoms with van der Waals surface area (Å²) >= 11 is 0. The van der Waals surface area contributed by atoms with Crippen molar-refractivity contribution in [2.45, 2.75) is 6.92 Å². The molecule has 0 radical (unpaired) electrons. The lowest BCUT2D eigenvalue weighted by atomic mass is 10.1. The Kier molecular flexibility index (Phi) is 4.47. The lowest BCUT2D eigenvalue weighted by molar-refractivity contribution is -0.120. The van der Waals surface area contributed by atoms with Gasteiger partial charge in [-0.15, -0.1) is 0 Å². The van der Waals surface area contributed by atoms with E-state index in [1.54, 1.807) is 36.4 Å². The van der Waals surface area contributed by atoms with E-state index in [1.807, 2.05) is 18.2 Å². The Morgan fingerprint density at radius 2 is 1.79 bits per heavy atom. The zero-order valence-corrected chi connectivity index (χ0v) is 13.0. The fraction of sp³-hybridized carbons (Fsp3) is 0.111. The monoisotopic (exact) mass is 324 g/mol. The first-order valence-corrected chi connectivity index (χ1v) is 7.37. The Hall–Kier alpha value is -3.28. The fourth-order valence-corrected chi connectivity index (χ4v) is 2.24. The molecular weight excluding hydrogens is 308 g/mol. The van der Waals surface area contributed by atoms with Gasteiger partial charge < -0.3 is 20.1 Å². The van der Waals surface area contributed by atoms with Crippen LogP contribution in [0.3, 0.4) is 0 Å². The number of ether oxygens (including phenoxy) is 2. The summed E-state index contributed by atoms with van der Waals surface area (Å²) in [5.74, 6) is 0.524. The third-order valence-electron chi connectivity index (χ3n) is 3.29. The molecule has 122 valence electrons. The van der Waals surface area contributed by atoms with E-state index in [0.29, 0.717) is 22.7 Å². The van der Waals surface area contributed by atoms with E-state index in [4.69, 9.17) is 9.47 Å². The Bertz CT molecular complexity index is 800. The highest BCUT2D eigenvalue weighted by atomic mass is 16.7. The smallest absolute Gasteiger partial charge is 0.272 e. The number of hydrogen-bond donors (Lipinski definition) is 2. The molecule has 1 heterocycles. The molecule has 0 fully saturated rings. The van der Waals surface area contributed by atoms with Crippen LogP contribution in [0.2, 0.25) is 0 Å². The molecule has 3 rings (SSSR count). The average Bonchev–Trinajstić information content (AvgIpc) is 3.02. The molecular formula is C18H16N2O4. The fourth-order valence-electron chi connectivity index (χ4n) is 2.24. The van der Waals surface area contributed by atoms with Crippen molar-refractivity contribution >= 4 is 23.6 Å². The van der Waals surface area contributed by atoms with Gasteiger partial charge in [0.1, 0.15) is 5.70 Å². The van der Waals surface area contributed by atoms with E-state index in [9.17, 15) is 9.59 Å². The maximum atomic E-state index is 12.4. The second-order valence-corrected chi connectivity index (χ2v) is 5.17. The molecule has 2 N–H and O–H groups in total. The molecule has 1 aliphatic heterocycles. The molecule has 0 spiro atoms. The van der Waals surface area contributed by atoms with Gasteiger partial charge in [-0.05, 0) is 35.9 Å². The minimum atomic E-state index is -0.408. The van der Waals surface area contributed by atoms with Gasteiger partial charge in [0.25, 0.3) is 5.91 Å². The van der Waals surface area contributed by atoms with Crippen molar-refractivity contribution in [1.82, 2.24) is 5.32 Å². The summed E-state index contributed by atoms with van der Waals surface area (Å²) in [7, 11) is 0. The number of carbonyl (C=O) groups excluding carboxylic acids is 2. The Balaban J connectivity index is 1.85. The van der Waals surface area contributed by atoms with Crippen molar-refractivity contribution in [2.75, 3.05) is 12.1 Å². The number of anilines is 1. The molecule has 24 heavy (non-hydrogen) atoms. The van der Waals surface area contributed by atoms with Gasteiger partial charge in [-0.25, -0.2) is 0 Å². The largest absolute Gasteiger partial charge is 0.454 e. The number of fused-ring (bicyclic) bond motifs is 1. The molecule has 2 aromatic carbocycles. The maximum absolute atomic E-state index is 12.4. The van der Waals surface area contributed by atoms with Crippen LogP contribution in [0.15, 0.2) is 54.2 Å². The standard InChI is InChI=1S/C18H16N2O4/c1-12(21)19-15(18(22)20-14-5-3-2-4-6-14)9-13-7-8-16-17(10-13)24-11-23-16/h2-10H,11H2,1H3,(H,19,21)(H,20,22). The minimum absolute atomic E-state index is 0.144. The Labute approximate surface area is 139 Å². The third-order valence-corrected chi connectivity index (χ3v) is 3.29.